The summed E-state index contributed by atoms with van der Waals surface area (Å²) in [5.74, 6) is 0.226. The van der Waals surface area contributed by atoms with E-state index in [0.29, 0.717) is 19.6 Å². The number of hydrogen-bond donors (Lipinski definition) is 1. The van der Waals surface area contributed by atoms with Crippen molar-refractivity contribution in [3.63, 3.8) is 0 Å². The highest BCUT2D eigenvalue weighted by atomic mass is 16.5. The van der Waals surface area contributed by atoms with Crippen molar-refractivity contribution in [3.8, 4) is 0 Å². The molecule has 1 saturated heterocycles. The Balaban J connectivity index is 2.16. The first-order valence-corrected chi connectivity index (χ1v) is 6.75. The number of morpholine rings is 1. The number of carbonyl (C=O) groups is 1. The molecule has 1 aliphatic carbocycles. The molecule has 0 aromatic rings. The molecular formula is C15H22N2O2. The molecule has 1 aliphatic heterocycles. The molecule has 0 spiro atoms. The Hall–Kier alpha value is -1.55. The maximum atomic E-state index is 12.0. The minimum atomic E-state index is 0.0831. The minimum absolute atomic E-state index is 0.0831. The third-order valence-corrected chi connectivity index (χ3v) is 3.51. The number of hydrogen-bond acceptors (Lipinski definition) is 4. The molecule has 0 aromatic carbocycles. The highest BCUT2D eigenvalue weighted by molar-refractivity contribution is 5.91. The van der Waals surface area contributed by atoms with Crippen LogP contribution >= 0.6 is 0 Å². The first kappa shape index (κ1) is 13.9. The van der Waals surface area contributed by atoms with Crippen molar-refractivity contribution in [2.24, 2.45) is 11.7 Å². The molecule has 1 fully saturated rings. The SMILES string of the molecule is C=C(C)C[C@@H]1CC(=O)C=C(N2CCOCC2)C=C1N. The van der Waals surface area contributed by atoms with Gasteiger partial charge in [0.15, 0.2) is 5.78 Å². The lowest BCUT2D eigenvalue weighted by molar-refractivity contribution is -0.115. The molecule has 0 unspecified atom stereocenters. The zero-order valence-corrected chi connectivity index (χ0v) is 11.5. The van der Waals surface area contributed by atoms with Gasteiger partial charge < -0.3 is 15.4 Å². The van der Waals surface area contributed by atoms with E-state index >= 15 is 0 Å². The van der Waals surface area contributed by atoms with Crippen LogP contribution in [0.4, 0.5) is 0 Å². The third-order valence-electron chi connectivity index (χ3n) is 3.51. The number of ether oxygens (including phenoxy) is 1. The van der Waals surface area contributed by atoms with Crippen LogP contribution < -0.4 is 5.73 Å². The summed E-state index contributed by atoms with van der Waals surface area (Å²) in [6.07, 6.45) is 4.92. The van der Waals surface area contributed by atoms with Gasteiger partial charge in [-0.25, -0.2) is 0 Å². The van der Waals surface area contributed by atoms with Crippen molar-refractivity contribution >= 4 is 5.78 Å². The number of allylic oxidation sites excluding steroid dienone is 4. The summed E-state index contributed by atoms with van der Waals surface area (Å²) in [5, 5.41) is 0. The van der Waals surface area contributed by atoms with Crippen LogP contribution in [0.1, 0.15) is 19.8 Å². The quantitative estimate of drug-likeness (QED) is 0.785. The van der Waals surface area contributed by atoms with E-state index in [1.165, 1.54) is 0 Å². The van der Waals surface area contributed by atoms with E-state index in [1.807, 2.05) is 13.0 Å². The van der Waals surface area contributed by atoms with Gasteiger partial charge in [-0.1, -0.05) is 5.57 Å². The summed E-state index contributed by atoms with van der Waals surface area (Å²) in [6, 6.07) is 0. The normalized spacial score (nSPS) is 24.6. The highest BCUT2D eigenvalue weighted by Gasteiger charge is 2.22. The molecule has 2 aliphatic rings. The molecular weight excluding hydrogens is 240 g/mol. The van der Waals surface area contributed by atoms with Crippen LogP contribution in [0.15, 0.2) is 35.7 Å². The Labute approximate surface area is 114 Å². The largest absolute Gasteiger partial charge is 0.402 e. The fourth-order valence-corrected chi connectivity index (χ4v) is 2.53. The van der Waals surface area contributed by atoms with Gasteiger partial charge in [0, 0.05) is 42.9 Å². The molecule has 19 heavy (non-hydrogen) atoms. The van der Waals surface area contributed by atoms with E-state index in [2.05, 4.69) is 11.5 Å². The van der Waals surface area contributed by atoms with E-state index in [-0.39, 0.29) is 11.7 Å². The second-order valence-corrected chi connectivity index (χ2v) is 5.34. The zero-order chi connectivity index (χ0) is 13.8. The lowest BCUT2D eigenvalue weighted by atomic mass is 9.93. The first-order valence-electron chi connectivity index (χ1n) is 6.75. The predicted octanol–water partition coefficient (Wildman–Crippen LogP) is 1.60. The fourth-order valence-electron chi connectivity index (χ4n) is 2.53. The summed E-state index contributed by atoms with van der Waals surface area (Å²) in [5.41, 5.74) is 8.92. The molecule has 0 saturated carbocycles. The maximum absolute atomic E-state index is 12.0. The van der Waals surface area contributed by atoms with Gasteiger partial charge in [0.2, 0.25) is 0 Å². The fraction of sp³-hybridized carbons (Fsp3) is 0.533. The summed E-state index contributed by atoms with van der Waals surface area (Å²) in [4.78, 5) is 14.2. The van der Waals surface area contributed by atoms with Crippen LogP contribution in [0.5, 0.6) is 0 Å². The highest BCUT2D eigenvalue weighted by Crippen LogP contribution is 2.25. The third kappa shape index (κ3) is 3.70. The summed E-state index contributed by atoms with van der Waals surface area (Å²) in [7, 11) is 0. The van der Waals surface area contributed by atoms with Crippen LogP contribution in [0, 0.1) is 5.92 Å². The Morgan fingerprint density at radius 3 is 2.79 bits per heavy atom. The van der Waals surface area contributed by atoms with E-state index in [1.54, 1.807) is 6.08 Å². The van der Waals surface area contributed by atoms with Crippen molar-refractivity contribution in [2.75, 3.05) is 26.3 Å². The zero-order valence-electron chi connectivity index (χ0n) is 11.5. The van der Waals surface area contributed by atoms with Gasteiger partial charge in [-0.15, -0.1) is 6.58 Å². The van der Waals surface area contributed by atoms with Gasteiger partial charge in [-0.2, -0.15) is 0 Å². The Morgan fingerprint density at radius 1 is 1.47 bits per heavy atom. The number of ketones is 1. The Bertz CT molecular complexity index is 431. The average molecular weight is 262 g/mol. The van der Waals surface area contributed by atoms with Crippen LogP contribution in [0.25, 0.3) is 0 Å². The summed E-state index contributed by atoms with van der Waals surface area (Å²) in [6.45, 7) is 8.91. The van der Waals surface area contributed by atoms with E-state index < -0.39 is 0 Å². The molecule has 1 heterocycles. The van der Waals surface area contributed by atoms with E-state index in [9.17, 15) is 4.79 Å². The van der Waals surface area contributed by atoms with Crippen LogP contribution in [0.3, 0.4) is 0 Å². The molecule has 0 bridgehead atoms. The van der Waals surface area contributed by atoms with E-state index in [0.717, 1.165) is 36.5 Å². The van der Waals surface area contributed by atoms with Crippen molar-refractivity contribution < 1.29 is 9.53 Å². The van der Waals surface area contributed by atoms with E-state index in [4.69, 9.17) is 10.5 Å². The number of nitrogens with zero attached hydrogens (tertiary/aromatic N) is 1. The monoisotopic (exact) mass is 262 g/mol. The molecule has 0 amide bonds. The molecule has 104 valence electrons. The van der Waals surface area contributed by atoms with Crippen LogP contribution in [0.2, 0.25) is 0 Å². The van der Waals surface area contributed by atoms with Crippen LogP contribution in [-0.4, -0.2) is 37.0 Å². The first-order chi connectivity index (χ1) is 9.06. The van der Waals surface area contributed by atoms with Crippen molar-refractivity contribution in [1.29, 1.82) is 0 Å². The van der Waals surface area contributed by atoms with Crippen molar-refractivity contribution in [3.05, 3.63) is 35.7 Å². The molecule has 0 radical (unpaired) electrons. The molecule has 2 rings (SSSR count). The maximum Gasteiger partial charge on any atom is 0.158 e. The minimum Gasteiger partial charge on any atom is -0.402 e. The van der Waals surface area contributed by atoms with Gasteiger partial charge in [-0.05, 0) is 19.4 Å². The Kier molecular flexibility index (Phi) is 4.43. The lowest BCUT2D eigenvalue weighted by Gasteiger charge is -2.29. The second-order valence-electron chi connectivity index (χ2n) is 5.34. The van der Waals surface area contributed by atoms with Gasteiger partial charge in [0.05, 0.1) is 13.2 Å². The van der Waals surface area contributed by atoms with Crippen LogP contribution in [-0.2, 0) is 9.53 Å². The second kappa shape index (κ2) is 6.06. The topological polar surface area (TPSA) is 55.6 Å². The van der Waals surface area contributed by atoms with Gasteiger partial charge >= 0.3 is 0 Å². The predicted molar refractivity (Wildman–Crippen MR) is 75.3 cm³/mol. The standard InChI is InChI=1S/C15H22N2O2/c1-11(2)7-12-8-14(18)9-13(10-15(12)16)17-3-5-19-6-4-17/h9-10,12H,1,3-8,16H2,2H3/t12-/m1/s1. The molecule has 0 aromatic heterocycles. The lowest BCUT2D eigenvalue weighted by Crippen LogP contribution is -2.35. The van der Waals surface area contributed by atoms with Gasteiger partial charge in [0.1, 0.15) is 0 Å². The smallest absolute Gasteiger partial charge is 0.158 e. The Morgan fingerprint density at radius 2 is 2.16 bits per heavy atom. The molecule has 4 nitrogen and oxygen atoms in total. The van der Waals surface area contributed by atoms with Gasteiger partial charge in [-0.3, -0.25) is 4.79 Å². The summed E-state index contributed by atoms with van der Waals surface area (Å²) >= 11 is 0. The number of carbonyl (C=O) groups excluding carboxylic acids is 1. The van der Waals surface area contributed by atoms with Crippen molar-refractivity contribution in [1.82, 2.24) is 4.90 Å². The molecule has 2 N–H and O–H groups in total. The number of nitrogens with two attached hydrogens (primary N) is 1. The average Bonchev–Trinajstić information content (AvgIpc) is 2.50. The summed E-state index contributed by atoms with van der Waals surface area (Å²) < 4.78 is 5.33. The molecule has 4 heteroatoms. The van der Waals surface area contributed by atoms with Crippen molar-refractivity contribution in [2.45, 2.75) is 19.8 Å². The molecule has 1 atom stereocenters. The van der Waals surface area contributed by atoms with Gasteiger partial charge in [0.25, 0.3) is 0 Å². The number of rotatable bonds is 3.